The molecule has 3 aromatic rings. The van der Waals surface area contributed by atoms with E-state index >= 15 is 0 Å². The lowest BCUT2D eigenvalue weighted by molar-refractivity contribution is -0.116. The number of anilines is 1. The van der Waals surface area contributed by atoms with E-state index in [4.69, 9.17) is 0 Å². The van der Waals surface area contributed by atoms with Gasteiger partial charge in [0, 0.05) is 15.0 Å². The van der Waals surface area contributed by atoms with Crippen molar-refractivity contribution in [1.29, 1.82) is 0 Å². The minimum atomic E-state index is -0.264. The van der Waals surface area contributed by atoms with Crippen LogP contribution < -0.4 is 10.9 Å². The summed E-state index contributed by atoms with van der Waals surface area (Å²) in [4.78, 5) is 30.8. The number of aryl methyl sites for hydroxylation is 2. The van der Waals surface area contributed by atoms with Crippen LogP contribution in [-0.4, -0.2) is 15.5 Å². The van der Waals surface area contributed by atoms with Crippen LogP contribution in [-0.2, 0) is 11.3 Å². The van der Waals surface area contributed by atoms with Crippen molar-refractivity contribution in [3.8, 4) is 0 Å². The molecule has 0 radical (unpaired) electrons. The van der Waals surface area contributed by atoms with Crippen molar-refractivity contribution < 1.29 is 4.79 Å². The highest BCUT2D eigenvalue weighted by atomic mass is 79.9. The van der Waals surface area contributed by atoms with E-state index in [1.807, 2.05) is 26.0 Å². The Labute approximate surface area is 145 Å². The van der Waals surface area contributed by atoms with Crippen LogP contribution in [0.5, 0.6) is 0 Å². The molecule has 0 atom stereocenters. The molecule has 0 aliphatic rings. The lowest BCUT2D eigenvalue weighted by atomic mass is 10.2. The molecule has 1 aromatic carbocycles. The molecule has 0 fully saturated rings. The Kier molecular flexibility index (Phi) is 4.32. The molecule has 23 heavy (non-hydrogen) atoms. The minimum absolute atomic E-state index is 0.0633. The molecule has 1 N–H and O–H groups in total. The van der Waals surface area contributed by atoms with E-state index < -0.39 is 0 Å². The number of halogens is 1. The van der Waals surface area contributed by atoms with Gasteiger partial charge in [-0.3, -0.25) is 14.2 Å². The molecule has 118 valence electrons. The molecule has 0 aliphatic carbocycles. The lowest BCUT2D eigenvalue weighted by Gasteiger charge is -2.07. The fraction of sp³-hybridized carbons (Fsp3) is 0.188. The molecule has 0 unspecified atom stereocenters. The number of carbonyl (C=O) groups excluding carboxylic acids is 1. The number of benzene rings is 1. The normalized spacial score (nSPS) is 10.9. The van der Waals surface area contributed by atoms with Gasteiger partial charge in [0.15, 0.2) is 0 Å². The summed E-state index contributed by atoms with van der Waals surface area (Å²) < 4.78 is 2.28. The van der Waals surface area contributed by atoms with Crippen LogP contribution in [0, 0.1) is 13.8 Å². The zero-order chi connectivity index (χ0) is 16.6. The van der Waals surface area contributed by atoms with Crippen LogP contribution in [0.25, 0.3) is 10.2 Å². The molecule has 3 rings (SSSR count). The molecule has 0 aliphatic heterocycles. The van der Waals surface area contributed by atoms with Gasteiger partial charge in [-0.1, -0.05) is 15.9 Å². The third kappa shape index (κ3) is 3.20. The highest BCUT2D eigenvalue weighted by Gasteiger charge is 2.13. The van der Waals surface area contributed by atoms with Crippen LogP contribution in [0.15, 0.2) is 39.9 Å². The smallest absolute Gasteiger partial charge is 0.262 e. The Morgan fingerprint density at radius 1 is 1.30 bits per heavy atom. The number of hydrogen-bond acceptors (Lipinski definition) is 4. The van der Waals surface area contributed by atoms with Crippen molar-refractivity contribution in [2.75, 3.05) is 5.32 Å². The zero-order valence-corrected chi connectivity index (χ0v) is 15.0. The maximum absolute atomic E-state index is 12.5. The summed E-state index contributed by atoms with van der Waals surface area (Å²) in [7, 11) is 0. The van der Waals surface area contributed by atoms with Gasteiger partial charge in [-0.25, -0.2) is 4.98 Å². The summed E-state index contributed by atoms with van der Waals surface area (Å²) in [5, 5.41) is 3.37. The summed E-state index contributed by atoms with van der Waals surface area (Å²) in [5.74, 6) is -0.264. The van der Waals surface area contributed by atoms with Crippen molar-refractivity contribution in [2.45, 2.75) is 20.4 Å². The minimum Gasteiger partial charge on any atom is -0.325 e. The lowest BCUT2D eigenvalue weighted by Crippen LogP contribution is -2.27. The summed E-state index contributed by atoms with van der Waals surface area (Å²) in [6.45, 7) is 3.81. The zero-order valence-electron chi connectivity index (χ0n) is 12.6. The summed E-state index contributed by atoms with van der Waals surface area (Å²) in [5.41, 5.74) is 1.44. The first kappa shape index (κ1) is 15.9. The Bertz CT molecular complexity index is 944. The SMILES string of the molecule is Cc1sc2ncn(CC(=O)Nc3ccc(Br)cc3)c(=O)c2c1C. The topological polar surface area (TPSA) is 64.0 Å². The standard InChI is InChI=1S/C16H14BrN3O2S/c1-9-10(2)23-15-14(9)16(22)20(8-18-15)7-13(21)19-12-5-3-11(17)4-6-12/h3-6,8H,7H2,1-2H3,(H,19,21). The maximum atomic E-state index is 12.5. The van der Waals surface area contributed by atoms with Crippen LogP contribution >= 0.6 is 27.3 Å². The van der Waals surface area contributed by atoms with Gasteiger partial charge < -0.3 is 5.32 Å². The highest BCUT2D eigenvalue weighted by Crippen LogP contribution is 2.25. The molecular formula is C16H14BrN3O2S. The molecule has 0 spiro atoms. The van der Waals surface area contributed by atoms with Gasteiger partial charge in [0.2, 0.25) is 5.91 Å². The molecule has 0 bridgehead atoms. The predicted molar refractivity (Wildman–Crippen MR) is 96.1 cm³/mol. The van der Waals surface area contributed by atoms with Gasteiger partial charge in [-0.05, 0) is 43.7 Å². The number of nitrogens with zero attached hydrogens (tertiary/aromatic N) is 2. The molecule has 2 aromatic heterocycles. The third-order valence-corrected chi connectivity index (χ3v) is 5.24. The van der Waals surface area contributed by atoms with E-state index in [1.54, 1.807) is 12.1 Å². The second-order valence-corrected chi connectivity index (χ2v) is 7.31. The van der Waals surface area contributed by atoms with Crippen LogP contribution in [0.3, 0.4) is 0 Å². The quantitative estimate of drug-likeness (QED) is 0.743. The summed E-state index contributed by atoms with van der Waals surface area (Å²) >= 11 is 4.84. The Balaban J connectivity index is 1.85. The van der Waals surface area contributed by atoms with Gasteiger partial charge >= 0.3 is 0 Å². The number of rotatable bonds is 3. The van der Waals surface area contributed by atoms with Crippen molar-refractivity contribution in [3.63, 3.8) is 0 Å². The average Bonchev–Trinajstić information content (AvgIpc) is 2.80. The van der Waals surface area contributed by atoms with Crippen molar-refractivity contribution in [3.05, 3.63) is 55.9 Å². The van der Waals surface area contributed by atoms with Gasteiger partial charge in [-0.2, -0.15) is 0 Å². The monoisotopic (exact) mass is 391 g/mol. The molecule has 1 amide bonds. The van der Waals surface area contributed by atoms with Crippen molar-refractivity contribution >= 4 is 49.1 Å². The van der Waals surface area contributed by atoms with Gasteiger partial charge in [0.25, 0.3) is 5.56 Å². The van der Waals surface area contributed by atoms with Gasteiger partial charge in [0.05, 0.1) is 11.7 Å². The number of nitrogens with one attached hydrogen (secondary N) is 1. The fourth-order valence-electron chi connectivity index (χ4n) is 2.27. The number of hydrogen-bond donors (Lipinski definition) is 1. The van der Waals surface area contributed by atoms with Crippen LogP contribution in [0.4, 0.5) is 5.69 Å². The molecule has 7 heteroatoms. The molecular weight excluding hydrogens is 378 g/mol. The van der Waals surface area contributed by atoms with E-state index in [2.05, 4.69) is 26.2 Å². The first-order chi connectivity index (χ1) is 11.0. The third-order valence-electron chi connectivity index (χ3n) is 3.60. The second kappa shape index (κ2) is 6.25. The fourth-order valence-corrected chi connectivity index (χ4v) is 3.52. The number of aromatic nitrogens is 2. The first-order valence-electron chi connectivity index (χ1n) is 6.96. The first-order valence-corrected chi connectivity index (χ1v) is 8.57. The Morgan fingerprint density at radius 3 is 2.70 bits per heavy atom. The van der Waals surface area contributed by atoms with Crippen molar-refractivity contribution in [2.24, 2.45) is 0 Å². The molecule has 0 saturated heterocycles. The Morgan fingerprint density at radius 2 is 2.00 bits per heavy atom. The van der Waals surface area contributed by atoms with E-state index in [-0.39, 0.29) is 18.0 Å². The van der Waals surface area contributed by atoms with E-state index in [0.717, 1.165) is 19.7 Å². The van der Waals surface area contributed by atoms with Crippen molar-refractivity contribution in [1.82, 2.24) is 9.55 Å². The second-order valence-electron chi connectivity index (χ2n) is 5.20. The van der Waals surface area contributed by atoms with Crippen LogP contribution in [0.1, 0.15) is 10.4 Å². The van der Waals surface area contributed by atoms with E-state index in [9.17, 15) is 9.59 Å². The Hall–Kier alpha value is -1.99. The highest BCUT2D eigenvalue weighted by molar-refractivity contribution is 9.10. The van der Waals surface area contributed by atoms with Gasteiger partial charge in [0.1, 0.15) is 11.4 Å². The number of amides is 1. The van der Waals surface area contributed by atoms with E-state index in [1.165, 1.54) is 22.2 Å². The number of carbonyl (C=O) groups is 1. The maximum Gasteiger partial charge on any atom is 0.262 e. The van der Waals surface area contributed by atoms with Crippen LogP contribution in [0.2, 0.25) is 0 Å². The largest absolute Gasteiger partial charge is 0.325 e. The molecule has 5 nitrogen and oxygen atoms in total. The molecule has 0 saturated carbocycles. The number of thiophene rings is 1. The molecule has 2 heterocycles. The average molecular weight is 392 g/mol. The predicted octanol–water partition coefficient (Wildman–Crippen LogP) is 3.48. The summed E-state index contributed by atoms with van der Waals surface area (Å²) in [6, 6.07) is 7.26. The van der Waals surface area contributed by atoms with E-state index in [0.29, 0.717) is 11.1 Å². The summed E-state index contributed by atoms with van der Waals surface area (Å²) in [6.07, 6.45) is 1.43. The number of fused-ring (bicyclic) bond motifs is 1. The van der Waals surface area contributed by atoms with Gasteiger partial charge in [-0.15, -0.1) is 11.3 Å².